The molecule has 152 valence electrons. The van der Waals surface area contributed by atoms with Gasteiger partial charge >= 0.3 is 5.97 Å². The first-order valence-corrected chi connectivity index (χ1v) is 9.91. The third kappa shape index (κ3) is 5.22. The van der Waals surface area contributed by atoms with E-state index in [1.165, 1.54) is 0 Å². The highest BCUT2D eigenvalue weighted by Gasteiger charge is 2.22. The van der Waals surface area contributed by atoms with Crippen molar-refractivity contribution in [2.24, 2.45) is 0 Å². The van der Waals surface area contributed by atoms with Crippen LogP contribution in [-0.4, -0.2) is 30.9 Å². The summed E-state index contributed by atoms with van der Waals surface area (Å²) >= 11 is 0. The van der Waals surface area contributed by atoms with Crippen LogP contribution in [-0.2, 0) is 14.3 Å². The molecule has 1 atom stereocenters. The second-order valence-electron chi connectivity index (χ2n) is 7.21. The zero-order valence-electron chi connectivity index (χ0n) is 16.8. The van der Waals surface area contributed by atoms with Gasteiger partial charge in [-0.3, -0.25) is 9.59 Å². The Morgan fingerprint density at radius 3 is 2.59 bits per heavy atom. The Morgan fingerprint density at radius 2 is 1.93 bits per heavy atom. The van der Waals surface area contributed by atoms with Gasteiger partial charge in [-0.2, -0.15) is 0 Å². The minimum absolute atomic E-state index is 0.0524. The Hall–Kier alpha value is -3.15. The molecule has 1 N–H and O–H groups in total. The number of carbonyl (C=O) groups excluding carboxylic acids is 3. The van der Waals surface area contributed by atoms with Gasteiger partial charge in [0.15, 0.2) is 6.61 Å². The molecule has 3 rings (SSSR count). The number of hydrogen-bond donors (Lipinski definition) is 1. The van der Waals surface area contributed by atoms with E-state index in [1.54, 1.807) is 29.2 Å². The van der Waals surface area contributed by atoms with Crippen LogP contribution in [0.1, 0.15) is 53.7 Å². The number of esters is 1. The van der Waals surface area contributed by atoms with Crippen LogP contribution in [0.2, 0.25) is 0 Å². The molecule has 1 fully saturated rings. The molecule has 1 aliphatic rings. The SMILES string of the molecule is CC[C@H](NC(=O)COC(=O)c1cccc(N2CCCC2=O)c1)c1ccc(C)cc1. The fraction of sp³-hybridized carbons (Fsp3) is 0.348. The van der Waals surface area contributed by atoms with Crippen LogP contribution in [0, 0.1) is 6.92 Å². The first kappa shape index (κ1) is 20.6. The van der Waals surface area contributed by atoms with Gasteiger partial charge in [0.1, 0.15) is 0 Å². The number of nitrogens with zero attached hydrogens (tertiary/aromatic N) is 1. The molecule has 1 heterocycles. The summed E-state index contributed by atoms with van der Waals surface area (Å²) in [6.07, 6.45) is 2.07. The predicted octanol–water partition coefficient (Wildman–Crippen LogP) is 3.55. The molecule has 29 heavy (non-hydrogen) atoms. The van der Waals surface area contributed by atoms with Crippen molar-refractivity contribution < 1.29 is 19.1 Å². The van der Waals surface area contributed by atoms with Crippen LogP contribution >= 0.6 is 0 Å². The van der Waals surface area contributed by atoms with Crippen molar-refractivity contribution in [3.8, 4) is 0 Å². The van der Waals surface area contributed by atoms with E-state index in [9.17, 15) is 14.4 Å². The summed E-state index contributed by atoms with van der Waals surface area (Å²) < 4.78 is 5.18. The van der Waals surface area contributed by atoms with Crippen LogP contribution in [0.25, 0.3) is 0 Å². The number of rotatable bonds is 7. The lowest BCUT2D eigenvalue weighted by Crippen LogP contribution is -2.32. The topological polar surface area (TPSA) is 75.7 Å². The van der Waals surface area contributed by atoms with E-state index in [4.69, 9.17) is 4.74 Å². The van der Waals surface area contributed by atoms with Gasteiger partial charge in [-0.25, -0.2) is 4.79 Å². The highest BCUT2D eigenvalue weighted by Crippen LogP contribution is 2.22. The van der Waals surface area contributed by atoms with Crippen LogP contribution in [0.5, 0.6) is 0 Å². The number of ether oxygens (including phenoxy) is 1. The number of aryl methyl sites for hydroxylation is 1. The highest BCUT2D eigenvalue weighted by atomic mass is 16.5. The Morgan fingerprint density at radius 1 is 1.17 bits per heavy atom. The van der Waals surface area contributed by atoms with E-state index < -0.39 is 5.97 Å². The molecule has 1 aliphatic heterocycles. The highest BCUT2D eigenvalue weighted by molar-refractivity contribution is 5.97. The summed E-state index contributed by atoms with van der Waals surface area (Å²) in [7, 11) is 0. The average molecular weight is 394 g/mol. The van der Waals surface area contributed by atoms with Crippen LogP contribution in [0.4, 0.5) is 5.69 Å². The molecular weight excluding hydrogens is 368 g/mol. The normalized spacial score (nSPS) is 14.6. The molecule has 0 aromatic heterocycles. The van der Waals surface area contributed by atoms with Gasteiger partial charge in [-0.15, -0.1) is 0 Å². The number of benzene rings is 2. The van der Waals surface area contributed by atoms with Gasteiger partial charge in [-0.1, -0.05) is 42.8 Å². The lowest BCUT2D eigenvalue weighted by Gasteiger charge is -2.18. The number of carbonyl (C=O) groups is 3. The smallest absolute Gasteiger partial charge is 0.338 e. The fourth-order valence-electron chi connectivity index (χ4n) is 3.39. The minimum Gasteiger partial charge on any atom is -0.452 e. The molecule has 2 amide bonds. The van der Waals surface area contributed by atoms with Crippen LogP contribution in [0.3, 0.4) is 0 Å². The molecule has 0 radical (unpaired) electrons. The molecule has 0 spiro atoms. The Labute approximate surface area is 170 Å². The van der Waals surface area contributed by atoms with Gasteiger partial charge in [-0.05, 0) is 43.5 Å². The van der Waals surface area contributed by atoms with Crippen LogP contribution in [0.15, 0.2) is 48.5 Å². The standard InChI is InChI=1S/C23H26N2O4/c1-3-20(17-11-9-16(2)10-12-17)24-21(26)15-29-23(28)18-6-4-7-19(14-18)25-13-5-8-22(25)27/h4,6-7,9-12,14,20H,3,5,8,13,15H2,1-2H3,(H,24,26)/t20-/m0/s1. The Balaban J connectivity index is 1.56. The maximum Gasteiger partial charge on any atom is 0.338 e. The lowest BCUT2D eigenvalue weighted by atomic mass is 10.0. The van der Waals surface area contributed by atoms with Crippen molar-refractivity contribution in [1.82, 2.24) is 5.32 Å². The summed E-state index contributed by atoms with van der Waals surface area (Å²) in [5.41, 5.74) is 3.17. The van der Waals surface area contributed by atoms with E-state index in [-0.39, 0.29) is 24.5 Å². The summed E-state index contributed by atoms with van der Waals surface area (Å²) in [5.74, 6) is -0.884. The average Bonchev–Trinajstić information content (AvgIpc) is 3.17. The molecule has 0 bridgehead atoms. The summed E-state index contributed by atoms with van der Waals surface area (Å²) in [6, 6.07) is 14.6. The van der Waals surface area contributed by atoms with Crippen molar-refractivity contribution in [1.29, 1.82) is 0 Å². The third-order valence-corrected chi connectivity index (χ3v) is 5.02. The molecule has 2 aromatic carbocycles. The first-order chi connectivity index (χ1) is 14.0. The van der Waals surface area contributed by atoms with E-state index in [0.717, 1.165) is 24.0 Å². The van der Waals surface area contributed by atoms with Crippen molar-refractivity contribution in [3.63, 3.8) is 0 Å². The van der Waals surface area contributed by atoms with Crippen molar-refractivity contribution in [2.45, 2.75) is 39.2 Å². The second-order valence-corrected chi connectivity index (χ2v) is 7.21. The summed E-state index contributed by atoms with van der Waals surface area (Å²) in [6.45, 7) is 4.30. The molecule has 1 saturated heterocycles. The fourth-order valence-corrected chi connectivity index (χ4v) is 3.39. The van der Waals surface area contributed by atoms with E-state index in [2.05, 4.69) is 5.32 Å². The third-order valence-electron chi connectivity index (χ3n) is 5.02. The Kier molecular flexibility index (Phi) is 6.65. The van der Waals surface area contributed by atoms with Gasteiger partial charge in [0, 0.05) is 18.7 Å². The molecule has 0 unspecified atom stereocenters. The van der Waals surface area contributed by atoms with E-state index >= 15 is 0 Å². The quantitative estimate of drug-likeness (QED) is 0.729. The molecule has 0 saturated carbocycles. The van der Waals surface area contributed by atoms with E-state index in [0.29, 0.717) is 24.2 Å². The zero-order valence-corrected chi connectivity index (χ0v) is 16.8. The number of amides is 2. The summed E-state index contributed by atoms with van der Waals surface area (Å²) in [5, 5.41) is 2.90. The molecule has 2 aromatic rings. The molecule has 0 aliphatic carbocycles. The van der Waals surface area contributed by atoms with Gasteiger partial charge < -0.3 is 15.0 Å². The Bertz CT molecular complexity index is 892. The molecular formula is C23H26N2O4. The number of anilines is 1. The maximum absolute atomic E-state index is 12.4. The zero-order chi connectivity index (χ0) is 20.8. The van der Waals surface area contributed by atoms with Crippen molar-refractivity contribution in [2.75, 3.05) is 18.1 Å². The predicted molar refractivity (Wildman–Crippen MR) is 111 cm³/mol. The first-order valence-electron chi connectivity index (χ1n) is 9.91. The monoisotopic (exact) mass is 394 g/mol. The van der Waals surface area contributed by atoms with Crippen molar-refractivity contribution in [3.05, 3.63) is 65.2 Å². The van der Waals surface area contributed by atoms with E-state index in [1.807, 2.05) is 38.1 Å². The number of hydrogen-bond acceptors (Lipinski definition) is 4. The molecule has 6 heteroatoms. The largest absolute Gasteiger partial charge is 0.452 e. The minimum atomic E-state index is -0.586. The molecule has 6 nitrogen and oxygen atoms in total. The van der Waals surface area contributed by atoms with Gasteiger partial charge in [0.2, 0.25) is 5.91 Å². The van der Waals surface area contributed by atoms with Crippen molar-refractivity contribution >= 4 is 23.5 Å². The second kappa shape index (κ2) is 9.37. The lowest BCUT2D eigenvalue weighted by molar-refractivity contribution is -0.125. The summed E-state index contributed by atoms with van der Waals surface area (Å²) in [4.78, 5) is 38.2. The van der Waals surface area contributed by atoms with Gasteiger partial charge in [0.05, 0.1) is 11.6 Å². The van der Waals surface area contributed by atoms with Gasteiger partial charge in [0.25, 0.3) is 5.91 Å². The van der Waals surface area contributed by atoms with Crippen LogP contribution < -0.4 is 10.2 Å². The number of nitrogens with one attached hydrogen (secondary N) is 1. The maximum atomic E-state index is 12.4.